The second kappa shape index (κ2) is 5.10. The van der Waals surface area contributed by atoms with Crippen molar-refractivity contribution in [1.82, 2.24) is 0 Å². The van der Waals surface area contributed by atoms with E-state index in [0.717, 1.165) is 5.69 Å². The SMILES string of the molecule is Cc1cccc(NC(CO)CCl)c1. The molecule has 0 spiro atoms. The summed E-state index contributed by atoms with van der Waals surface area (Å²) in [4.78, 5) is 0. The molecule has 72 valence electrons. The van der Waals surface area contributed by atoms with Crippen LogP contribution in [-0.4, -0.2) is 23.6 Å². The molecule has 0 aliphatic rings. The van der Waals surface area contributed by atoms with E-state index < -0.39 is 0 Å². The Balaban J connectivity index is 2.62. The van der Waals surface area contributed by atoms with Gasteiger partial charge in [-0.1, -0.05) is 12.1 Å². The van der Waals surface area contributed by atoms with Gasteiger partial charge in [0.15, 0.2) is 0 Å². The predicted molar refractivity (Wildman–Crippen MR) is 56.4 cm³/mol. The minimum absolute atomic E-state index is 0.0530. The highest BCUT2D eigenvalue weighted by Crippen LogP contribution is 2.11. The first kappa shape index (κ1) is 10.4. The number of alkyl halides is 1. The molecule has 2 nitrogen and oxygen atoms in total. The monoisotopic (exact) mass is 199 g/mol. The Labute approximate surface area is 83.5 Å². The van der Waals surface area contributed by atoms with Gasteiger partial charge in [-0.3, -0.25) is 0 Å². The molecule has 1 aromatic carbocycles. The van der Waals surface area contributed by atoms with Gasteiger partial charge < -0.3 is 10.4 Å². The Morgan fingerprint density at radius 1 is 1.54 bits per heavy atom. The van der Waals surface area contributed by atoms with Gasteiger partial charge >= 0.3 is 0 Å². The van der Waals surface area contributed by atoms with Gasteiger partial charge in [-0.05, 0) is 24.6 Å². The number of anilines is 1. The van der Waals surface area contributed by atoms with Gasteiger partial charge in [-0.15, -0.1) is 11.6 Å². The topological polar surface area (TPSA) is 32.3 Å². The van der Waals surface area contributed by atoms with Crippen LogP contribution in [0.3, 0.4) is 0 Å². The molecule has 0 saturated carbocycles. The highest BCUT2D eigenvalue weighted by molar-refractivity contribution is 6.18. The molecule has 3 heteroatoms. The standard InChI is InChI=1S/C10H14ClNO/c1-8-3-2-4-9(5-8)12-10(6-11)7-13/h2-5,10,12-13H,6-7H2,1H3. The van der Waals surface area contributed by atoms with Crippen LogP contribution in [0.4, 0.5) is 5.69 Å². The summed E-state index contributed by atoms with van der Waals surface area (Å²) in [6, 6.07) is 7.92. The summed E-state index contributed by atoms with van der Waals surface area (Å²) in [5.74, 6) is 0.407. The van der Waals surface area contributed by atoms with Crippen LogP contribution in [0.1, 0.15) is 5.56 Å². The molecule has 2 N–H and O–H groups in total. The van der Waals surface area contributed by atoms with Gasteiger partial charge in [-0.25, -0.2) is 0 Å². The van der Waals surface area contributed by atoms with Crippen LogP contribution in [0.2, 0.25) is 0 Å². The quantitative estimate of drug-likeness (QED) is 0.728. The summed E-state index contributed by atoms with van der Waals surface area (Å²) in [6.07, 6.45) is 0. The Kier molecular flexibility index (Phi) is 4.06. The molecule has 1 unspecified atom stereocenters. The first-order chi connectivity index (χ1) is 6.26. The van der Waals surface area contributed by atoms with Crippen LogP contribution in [0, 0.1) is 6.92 Å². The van der Waals surface area contributed by atoms with Crippen molar-refractivity contribution in [3.8, 4) is 0 Å². The van der Waals surface area contributed by atoms with E-state index in [9.17, 15) is 0 Å². The number of aryl methyl sites for hydroxylation is 1. The first-order valence-corrected chi connectivity index (χ1v) is 4.79. The molecule has 0 aliphatic carbocycles. The largest absolute Gasteiger partial charge is 0.394 e. The molecule has 0 amide bonds. The van der Waals surface area contributed by atoms with E-state index in [1.54, 1.807) is 0 Å². The van der Waals surface area contributed by atoms with E-state index >= 15 is 0 Å². The molecule has 1 rings (SSSR count). The summed E-state index contributed by atoms with van der Waals surface area (Å²) >= 11 is 5.63. The second-order valence-corrected chi connectivity index (χ2v) is 3.36. The zero-order valence-corrected chi connectivity index (χ0v) is 8.38. The molecule has 13 heavy (non-hydrogen) atoms. The molecule has 0 fully saturated rings. The average molecular weight is 200 g/mol. The van der Waals surface area contributed by atoms with Crippen molar-refractivity contribution >= 4 is 17.3 Å². The third kappa shape index (κ3) is 3.25. The molecule has 0 radical (unpaired) electrons. The zero-order valence-electron chi connectivity index (χ0n) is 7.63. The van der Waals surface area contributed by atoms with E-state index in [1.807, 2.05) is 31.2 Å². The smallest absolute Gasteiger partial charge is 0.0644 e. The molecular weight excluding hydrogens is 186 g/mol. The maximum absolute atomic E-state index is 8.91. The minimum atomic E-state index is -0.0662. The van der Waals surface area contributed by atoms with E-state index in [0.29, 0.717) is 5.88 Å². The van der Waals surface area contributed by atoms with E-state index in [4.69, 9.17) is 16.7 Å². The highest BCUT2D eigenvalue weighted by Gasteiger charge is 2.04. The molecule has 0 aliphatic heterocycles. The maximum atomic E-state index is 8.91. The van der Waals surface area contributed by atoms with Crippen LogP contribution in [0.5, 0.6) is 0 Å². The number of aliphatic hydroxyl groups excluding tert-OH is 1. The van der Waals surface area contributed by atoms with Crippen LogP contribution < -0.4 is 5.32 Å². The lowest BCUT2D eigenvalue weighted by Gasteiger charge is -2.14. The number of nitrogens with one attached hydrogen (secondary N) is 1. The van der Waals surface area contributed by atoms with Gasteiger partial charge in [0.2, 0.25) is 0 Å². The molecule has 0 aromatic heterocycles. The number of rotatable bonds is 4. The van der Waals surface area contributed by atoms with Crippen molar-refractivity contribution in [3.63, 3.8) is 0 Å². The lowest BCUT2D eigenvalue weighted by Crippen LogP contribution is -2.25. The number of halogens is 1. The molecule has 0 bridgehead atoms. The van der Waals surface area contributed by atoms with Crippen molar-refractivity contribution in [2.75, 3.05) is 17.8 Å². The lowest BCUT2D eigenvalue weighted by molar-refractivity contribution is 0.282. The van der Waals surface area contributed by atoms with Gasteiger partial charge in [0, 0.05) is 11.6 Å². The van der Waals surface area contributed by atoms with Crippen LogP contribution in [0.15, 0.2) is 24.3 Å². The van der Waals surface area contributed by atoms with E-state index in [-0.39, 0.29) is 12.6 Å². The van der Waals surface area contributed by atoms with Crippen molar-refractivity contribution < 1.29 is 5.11 Å². The second-order valence-electron chi connectivity index (χ2n) is 3.05. The van der Waals surface area contributed by atoms with E-state index in [2.05, 4.69) is 5.32 Å². The molecule has 1 aromatic rings. The fraction of sp³-hybridized carbons (Fsp3) is 0.400. The van der Waals surface area contributed by atoms with Crippen LogP contribution >= 0.6 is 11.6 Å². The van der Waals surface area contributed by atoms with Gasteiger partial charge in [-0.2, -0.15) is 0 Å². The Hall–Kier alpha value is -0.730. The summed E-state index contributed by atoms with van der Waals surface area (Å²) in [6.45, 7) is 2.08. The zero-order chi connectivity index (χ0) is 9.68. The third-order valence-corrected chi connectivity index (χ3v) is 2.17. The highest BCUT2D eigenvalue weighted by atomic mass is 35.5. The number of hydrogen-bond acceptors (Lipinski definition) is 2. The molecule has 0 saturated heterocycles. The minimum Gasteiger partial charge on any atom is -0.394 e. The molecule has 0 heterocycles. The van der Waals surface area contributed by atoms with Crippen LogP contribution in [-0.2, 0) is 0 Å². The Morgan fingerprint density at radius 2 is 2.31 bits per heavy atom. The van der Waals surface area contributed by atoms with Crippen LogP contribution in [0.25, 0.3) is 0 Å². The summed E-state index contributed by atoms with van der Waals surface area (Å²) in [7, 11) is 0. The van der Waals surface area contributed by atoms with Crippen molar-refractivity contribution in [2.45, 2.75) is 13.0 Å². The number of benzene rings is 1. The fourth-order valence-corrected chi connectivity index (χ4v) is 1.28. The van der Waals surface area contributed by atoms with Gasteiger partial charge in [0.05, 0.1) is 12.6 Å². The van der Waals surface area contributed by atoms with Crippen molar-refractivity contribution in [3.05, 3.63) is 29.8 Å². The Bertz CT molecular complexity index is 261. The first-order valence-electron chi connectivity index (χ1n) is 4.26. The lowest BCUT2D eigenvalue weighted by atomic mass is 10.2. The summed E-state index contributed by atoms with van der Waals surface area (Å²) in [5, 5.41) is 12.0. The van der Waals surface area contributed by atoms with Crippen molar-refractivity contribution in [1.29, 1.82) is 0 Å². The average Bonchev–Trinajstić information content (AvgIpc) is 2.14. The van der Waals surface area contributed by atoms with Gasteiger partial charge in [0.25, 0.3) is 0 Å². The summed E-state index contributed by atoms with van der Waals surface area (Å²) < 4.78 is 0. The number of aliphatic hydroxyl groups is 1. The van der Waals surface area contributed by atoms with Crippen molar-refractivity contribution in [2.24, 2.45) is 0 Å². The maximum Gasteiger partial charge on any atom is 0.0644 e. The Morgan fingerprint density at radius 3 is 2.85 bits per heavy atom. The predicted octanol–water partition coefficient (Wildman–Crippen LogP) is 2.01. The fourth-order valence-electron chi connectivity index (χ4n) is 1.10. The van der Waals surface area contributed by atoms with E-state index in [1.165, 1.54) is 5.56 Å². The number of hydrogen-bond donors (Lipinski definition) is 2. The molecule has 1 atom stereocenters. The van der Waals surface area contributed by atoms with Gasteiger partial charge in [0.1, 0.15) is 0 Å². The third-order valence-electron chi connectivity index (χ3n) is 1.80. The molecular formula is C10H14ClNO. The summed E-state index contributed by atoms with van der Waals surface area (Å²) in [5.41, 5.74) is 2.19. The normalized spacial score (nSPS) is 12.5.